The van der Waals surface area contributed by atoms with Gasteiger partial charge in [0, 0.05) is 0 Å². The first-order valence-electron chi connectivity index (χ1n) is 7.36. The molecule has 0 fully saturated rings. The van der Waals surface area contributed by atoms with Crippen molar-refractivity contribution in [1.82, 2.24) is 0 Å². The van der Waals surface area contributed by atoms with Gasteiger partial charge < -0.3 is 10.2 Å². The van der Waals surface area contributed by atoms with Crippen molar-refractivity contribution in [2.45, 2.75) is 38.5 Å². The zero-order valence-corrected chi connectivity index (χ0v) is 12.2. The minimum Gasteiger partial charge on any atom is -0.508 e. The maximum atomic E-state index is 13.5. The lowest BCUT2D eigenvalue weighted by molar-refractivity contribution is 0.430. The van der Waals surface area contributed by atoms with Gasteiger partial charge in [-0.3, -0.25) is 0 Å². The average molecular weight is 288 g/mol. The van der Waals surface area contributed by atoms with Crippen LogP contribution in [0.3, 0.4) is 0 Å². The first kappa shape index (κ1) is 15.4. The monoisotopic (exact) mass is 288 g/mol. The molecule has 0 spiro atoms. The van der Waals surface area contributed by atoms with Crippen LogP contribution in [0.15, 0.2) is 42.5 Å². The summed E-state index contributed by atoms with van der Waals surface area (Å²) in [6.45, 7) is 2.12. The Balaban J connectivity index is 2.07. The maximum absolute atomic E-state index is 13.5. The molecule has 0 heterocycles. The third-order valence-corrected chi connectivity index (χ3v) is 3.80. The lowest BCUT2D eigenvalue weighted by Gasteiger charge is -2.17. The largest absolute Gasteiger partial charge is 0.508 e. The minimum atomic E-state index is -0.557. The van der Waals surface area contributed by atoms with Crippen molar-refractivity contribution in [3.63, 3.8) is 0 Å². The summed E-state index contributed by atoms with van der Waals surface area (Å²) in [5, 5.41) is 18.6. The first-order valence-corrected chi connectivity index (χ1v) is 7.36. The van der Waals surface area contributed by atoms with Crippen LogP contribution in [0, 0.1) is 5.82 Å². The predicted molar refractivity (Wildman–Crippen MR) is 82.1 cm³/mol. The van der Waals surface area contributed by atoms with Gasteiger partial charge in [0.05, 0.1) is 0 Å². The molecule has 0 amide bonds. The second-order valence-electron chi connectivity index (χ2n) is 5.40. The second kappa shape index (κ2) is 7.11. The summed E-state index contributed by atoms with van der Waals surface area (Å²) in [7, 11) is 0. The number of hydrogen-bond acceptors (Lipinski definition) is 2. The molecular weight excluding hydrogens is 267 g/mol. The molecule has 0 saturated heterocycles. The van der Waals surface area contributed by atoms with Gasteiger partial charge in [0.15, 0.2) is 11.6 Å². The van der Waals surface area contributed by atoms with E-state index >= 15 is 0 Å². The molecule has 21 heavy (non-hydrogen) atoms. The van der Waals surface area contributed by atoms with Crippen LogP contribution in [0.25, 0.3) is 0 Å². The van der Waals surface area contributed by atoms with Crippen molar-refractivity contribution in [3.05, 3.63) is 59.4 Å². The van der Waals surface area contributed by atoms with Crippen LogP contribution in [0.2, 0.25) is 0 Å². The standard InChI is InChI=1S/C18H21FO2/c1-2-3-14(15-8-11-18(21)17(19)12-15)7-4-13-5-9-16(20)10-6-13/h5-6,8-12,14,20-21H,2-4,7H2,1H3. The first-order chi connectivity index (χ1) is 10.1. The van der Waals surface area contributed by atoms with E-state index in [1.165, 1.54) is 12.1 Å². The lowest BCUT2D eigenvalue weighted by atomic mass is 9.88. The number of benzene rings is 2. The highest BCUT2D eigenvalue weighted by molar-refractivity contribution is 5.31. The Kier molecular flexibility index (Phi) is 5.20. The molecule has 0 aliphatic rings. The van der Waals surface area contributed by atoms with Crippen molar-refractivity contribution in [1.29, 1.82) is 0 Å². The van der Waals surface area contributed by atoms with E-state index in [-0.39, 0.29) is 17.4 Å². The zero-order chi connectivity index (χ0) is 15.2. The van der Waals surface area contributed by atoms with Gasteiger partial charge in [-0.1, -0.05) is 31.5 Å². The van der Waals surface area contributed by atoms with Crippen LogP contribution < -0.4 is 0 Å². The molecule has 0 saturated carbocycles. The summed E-state index contributed by atoms with van der Waals surface area (Å²) in [4.78, 5) is 0. The van der Waals surface area contributed by atoms with Gasteiger partial charge in [0.2, 0.25) is 0 Å². The highest BCUT2D eigenvalue weighted by Gasteiger charge is 2.13. The predicted octanol–water partition coefficient (Wildman–Crippen LogP) is 4.75. The Morgan fingerprint density at radius 2 is 1.71 bits per heavy atom. The highest BCUT2D eigenvalue weighted by atomic mass is 19.1. The molecule has 0 bridgehead atoms. The molecule has 2 rings (SSSR count). The molecule has 0 aliphatic carbocycles. The Morgan fingerprint density at radius 3 is 2.33 bits per heavy atom. The average Bonchev–Trinajstić information content (AvgIpc) is 2.48. The van der Waals surface area contributed by atoms with E-state index in [0.29, 0.717) is 0 Å². The van der Waals surface area contributed by atoms with Crippen LogP contribution in [-0.2, 0) is 6.42 Å². The van der Waals surface area contributed by atoms with Crippen molar-refractivity contribution >= 4 is 0 Å². The third-order valence-electron chi connectivity index (χ3n) is 3.80. The van der Waals surface area contributed by atoms with E-state index in [1.54, 1.807) is 18.2 Å². The number of aryl methyl sites for hydroxylation is 1. The van der Waals surface area contributed by atoms with E-state index < -0.39 is 5.82 Å². The summed E-state index contributed by atoms with van der Waals surface area (Å²) in [6.07, 6.45) is 3.82. The fourth-order valence-electron chi connectivity index (χ4n) is 2.61. The molecule has 0 aliphatic heterocycles. The fraction of sp³-hybridized carbons (Fsp3) is 0.333. The van der Waals surface area contributed by atoms with Crippen LogP contribution in [-0.4, -0.2) is 10.2 Å². The maximum Gasteiger partial charge on any atom is 0.165 e. The topological polar surface area (TPSA) is 40.5 Å². The van der Waals surface area contributed by atoms with Gasteiger partial charge in [-0.05, 0) is 60.6 Å². The molecule has 2 aromatic rings. The number of phenols is 2. The smallest absolute Gasteiger partial charge is 0.165 e. The fourth-order valence-corrected chi connectivity index (χ4v) is 2.61. The zero-order valence-electron chi connectivity index (χ0n) is 12.2. The number of rotatable bonds is 6. The molecule has 0 radical (unpaired) electrons. The van der Waals surface area contributed by atoms with Gasteiger partial charge in [-0.15, -0.1) is 0 Å². The summed E-state index contributed by atoms with van der Waals surface area (Å²) in [5.41, 5.74) is 2.10. The van der Waals surface area contributed by atoms with Crippen LogP contribution in [0.4, 0.5) is 4.39 Å². The van der Waals surface area contributed by atoms with Crippen LogP contribution >= 0.6 is 0 Å². The molecule has 1 unspecified atom stereocenters. The molecule has 2 N–H and O–H groups in total. The van der Waals surface area contributed by atoms with E-state index in [2.05, 4.69) is 6.92 Å². The Labute approximate surface area is 124 Å². The Bertz CT molecular complexity index is 578. The number of halogens is 1. The van der Waals surface area contributed by atoms with E-state index in [9.17, 15) is 14.6 Å². The number of phenolic OH excluding ortho intramolecular Hbond substituents is 2. The quantitative estimate of drug-likeness (QED) is 0.805. The van der Waals surface area contributed by atoms with Crippen molar-refractivity contribution in [2.75, 3.05) is 0 Å². The minimum absolute atomic E-state index is 0.268. The molecule has 3 heteroatoms. The van der Waals surface area contributed by atoms with E-state index in [1.807, 2.05) is 12.1 Å². The van der Waals surface area contributed by atoms with Gasteiger partial charge >= 0.3 is 0 Å². The van der Waals surface area contributed by atoms with E-state index in [0.717, 1.165) is 36.8 Å². The van der Waals surface area contributed by atoms with E-state index in [4.69, 9.17) is 0 Å². The van der Waals surface area contributed by atoms with Gasteiger partial charge in [-0.2, -0.15) is 0 Å². The molecule has 1 atom stereocenters. The summed E-state index contributed by atoms with van der Waals surface area (Å²) >= 11 is 0. The van der Waals surface area contributed by atoms with Crippen LogP contribution in [0.5, 0.6) is 11.5 Å². The van der Waals surface area contributed by atoms with Gasteiger partial charge in [0.1, 0.15) is 5.75 Å². The van der Waals surface area contributed by atoms with Crippen molar-refractivity contribution in [2.24, 2.45) is 0 Å². The van der Waals surface area contributed by atoms with Gasteiger partial charge in [-0.25, -0.2) is 4.39 Å². The normalized spacial score (nSPS) is 12.3. The molecule has 0 aromatic heterocycles. The summed E-state index contributed by atoms with van der Waals surface area (Å²) < 4.78 is 13.5. The number of hydrogen-bond donors (Lipinski definition) is 2. The second-order valence-corrected chi connectivity index (χ2v) is 5.40. The summed E-state index contributed by atoms with van der Waals surface area (Å²) in [6, 6.07) is 11.9. The van der Waals surface area contributed by atoms with Gasteiger partial charge in [0.25, 0.3) is 0 Å². The number of aromatic hydroxyl groups is 2. The Hall–Kier alpha value is -2.03. The van der Waals surface area contributed by atoms with Crippen molar-refractivity contribution in [3.8, 4) is 11.5 Å². The SMILES string of the molecule is CCCC(CCc1ccc(O)cc1)c1ccc(O)c(F)c1. The highest BCUT2D eigenvalue weighted by Crippen LogP contribution is 2.29. The van der Waals surface area contributed by atoms with Crippen molar-refractivity contribution < 1.29 is 14.6 Å². The third kappa shape index (κ3) is 4.22. The lowest BCUT2D eigenvalue weighted by Crippen LogP contribution is -2.01. The Morgan fingerprint density at radius 1 is 1.00 bits per heavy atom. The molecular formula is C18H21FO2. The molecule has 2 aromatic carbocycles. The molecule has 2 nitrogen and oxygen atoms in total. The van der Waals surface area contributed by atoms with Crippen LogP contribution in [0.1, 0.15) is 43.2 Å². The molecule has 112 valence electrons. The summed E-state index contributed by atoms with van der Waals surface area (Å²) in [5.74, 6) is -0.311.